The predicted molar refractivity (Wildman–Crippen MR) is 68.4 cm³/mol. The van der Waals surface area contributed by atoms with Crippen LogP contribution in [-0.2, 0) is 0 Å². The van der Waals surface area contributed by atoms with Gasteiger partial charge >= 0.3 is 0 Å². The van der Waals surface area contributed by atoms with E-state index in [0.717, 1.165) is 17.3 Å². The largest absolute Gasteiger partial charge is 0.339 e. The molecule has 0 N–H and O–H groups in total. The van der Waals surface area contributed by atoms with Crippen LogP contribution in [0.4, 0.5) is 0 Å². The highest BCUT2D eigenvalue weighted by Crippen LogP contribution is 2.14. The van der Waals surface area contributed by atoms with Crippen molar-refractivity contribution in [1.82, 2.24) is 9.88 Å². The van der Waals surface area contributed by atoms with Crippen LogP contribution < -0.4 is 0 Å². The van der Waals surface area contributed by atoms with Crippen LogP contribution in [0.5, 0.6) is 0 Å². The van der Waals surface area contributed by atoms with Gasteiger partial charge in [-0.2, -0.15) is 0 Å². The van der Waals surface area contributed by atoms with Crippen molar-refractivity contribution in [3.63, 3.8) is 0 Å². The fourth-order valence-electron chi connectivity index (χ4n) is 1.73. The number of rotatable bonds is 4. The van der Waals surface area contributed by atoms with Gasteiger partial charge in [-0.05, 0) is 34.8 Å². The fraction of sp³-hybridized carbons (Fsp3) is 0.500. The molecule has 0 bridgehead atoms. The van der Waals surface area contributed by atoms with E-state index in [4.69, 9.17) is 0 Å². The monoisotopic (exact) mass is 284 g/mol. The Morgan fingerprint density at radius 1 is 1.44 bits per heavy atom. The van der Waals surface area contributed by atoms with Crippen LogP contribution in [0.2, 0.25) is 0 Å². The molecule has 0 saturated heterocycles. The van der Waals surface area contributed by atoms with Gasteiger partial charge < -0.3 is 4.90 Å². The summed E-state index contributed by atoms with van der Waals surface area (Å²) >= 11 is 3.32. The number of pyridine rings is 1. The minimum atomic E-state index is 0.0301. The summed E-state index contributed by atoms with van der Waals surface area (Å²) in [6.45, 7) is 4.19. The highest BCUT2D eigenvalue weighted by Gasteiger charge is 2.18. The summed E-state index contributed by atoms with van der Waals surface area (Å²) in [5.74, 6) is 0.0301. The molecule has 1 amide bonds. The van der Waals surface area contributed by atoms with E-state index in [2.05, 4.69) is 34.8 Å². The predicted octanol–water partition coefficient (Wildman–Crippen LogP) is 3.10. The molecule has 0 aliphatic heterocycles. The van der Waals surface area contributed by atoms with Gasteiger partial charge in [0, 0.05) is 30.0 Å². The maximum Gasteiger partial charge on any atom is 0.255 e. The van der Waals surface area contributed by atoms with E-state index in [-0.39, 0.29) is 5.91 Å². The molecule has 0 atom stereocenters. The highest BCUT2D eigenvalue weighted by atomic mass is 79.9. The first kappa shape index (κ1) is 13.2. The first-order valence-corrected chi connectivity index (χ1v) is 6.27. The van der Waals surface area contributed by atoms with Gasteiger partial charge in [-0.1, -0.05) is 13.8 Å². The van der Waals surface area contributed by atoms with Gasteiger partial charge in [0.05, 0.1) is 5.56 Å². The van der Waals surface area contributed by atoms with Crippen molar-refractivity contribution in [2.24, 2.45) is 0 Å². The highest BCUT2D eigenvalue weighted by molar-refractivity contribution is 9.10. The average molecular weight is 285 g/mol. The molecule has 3 nitrogen and oxygen atoms in total. The maximum atomic E-state index is 12.1. The first-order chi connectivity index (χ1) is 7.60. The van der Waals surface area contributed by atoms with Gasteiger partial charge in [0.15, 0.2) is 0 Å². The number of nitrogens with zero attached hydrogens (tertiary/aromatic N) is 2. The van der Waals surface area contributed by atoms with Gasteiger partial charge in [-0.15, -0.1) is 0 Å². The Labute approximate surface area is 105 Å². The van der Waals surface area contributed by atoms with Gasteiger partial charge in [-0.25, -0.2) is 0 Å². The number of hydrogen-bond acceptors (Lipinski definition) is 2. The Kier molecular flexibility index (Phi) is 4.93. The lowest BCUT2D eigenvalue weighted by molar-refractivity contribution is 0.0723. The van der Waals surface area contributed by atoms with E-state index in [1.54, 1.807) is 23.4 Å². The quantitative estimate of drug-likeness (QED) is 0.851. The van der Waals surface area contributed by atoms with E-state index in [0.29, 0.717) is 11.6 Å². The van der Waals surface area contributed by atoms with E-state index in [1.165, 1.54) is 0 Å². The zero-order valence-corrected chi connectivity index (χ0v) is 11.5. The average Bonchev–Trinajstić information content (AvgIpc) is 2.29. The smallest absolute Gasteiger partial charge is 0.255 e. The zero-order chi connectivity index (χ0) is 12.1. The van der Waals surface area contributed by atoms with Crippen LogP contribution in [-0.4, -0.2) is 28.9 Å². The SMILES string of the molecule is CCC(CC)N(C)C(=O)c1cncc(Br)c1. The Morgan fingerprint density at radius 2 is 2.06 bits per heavy atom. The zero-order valence-electron chi connectivity index (χ0n) is 9.90. The van der Waals surface area contributed by atoms with Crippen molar-refractivity contribution in [2.45, 2.75) is 32.7 Å². The lowest BCUT2D eigenvalue weighted by Gasteiger charge is -2.26. The van der Waals surface area contributed by atoms with Crippen molar-refractivity contribution in [2.75, 3.05) is 7.05 Å². The van der Waals surface area contributed by atoms with Gasteiger partial charge in [-0.3, -0.25) is 9.78 Å². The Bertz CT molecular complexity index is 364. The molecule has 0 aliphatic rings. The molecular formula is C12H17BrN2O. The summed E-state index contributed by atoms with van der Waals surface area (Å²) < 4.78 is 0.830. The van der Waals surface area contributed by atoms with Gasteiger partial charge in [0.25, 0.3) is 5.91 Å². The van der Waals surface area contributed by atoms with Crippen LogP contribution in [0.1, 0.15) is 37.0 Å². The Hall–Kier alpha value is -0.900. The molecule has 4 heteroatoms. The molecule has 0 spiro atoms. The van der Waals surface area contributed by atoms with Crippen LogP contribution in [0.25, 0.3) is 0 Å². The Morgan fingerprint density at radius 3 is 2.56 bits per heavy atom. The second kappa shape index (κ2) is 5.99. The standard InChI is InChI=1S/C12H17BrN2O/c1-4-11(5-2)15(3)12(16)9-6-10(13)8-14-7-9/h6-8,11H,4-5H2,1-3H3. The van der Waals surface area contributed by atoms with Crippen molar-refractivity contribution in [3.05, 3.63) is 28.5 Å². The number of aromatic nitrogens is 1. The van der Waals surface area contributed by atoms with Crippen LogP contribution in [0.3, 0.4) is 0 Å². The number of halogens is 1. The normalized spacial score (nSPS) is 10.6. The molecule has 16 heavy (non-hydrogen) atoms. The molecule has 1 heterocycles. The second-order valence-electron chi connectivity index (χ2n) is 3.78. The van der Waals surface area contributed by atoms with Gasteiger partial charge in [0.2, 0.25) is 0 Å². The number of carbonyl (C=O) groups is 1. The van der Waals surface area contributed by atoms with Crippen molar-refractivity contribution in [1.29, 1.82) is 0 Å². The number of amides is 1. The third-order valence-corrected chi connectivity index (χ3v) is 3.20. The number of carbonyl (C=O) groups excluding carboxylic acids is 1. The molecule has 1 aromatic heterocycles. The van der Waals surface area contributed by atoms with Crippen LogP contribution in [0, 0.1) is 0 Å². The van der Waals surface area contributed by atoms with Crippen molar-refractivity contribution >= 4 is 21.8 Å². The van der Waals surface area contributed by atoms with E-state index in [1.807, 2.05) is 7.05 Å². The van der Waals surface area contributed by atoms with Crippen molar-refractivity contribution < 1.29 is 4.79 Å². The summed E-state index contributed by atoms with van der Waals surface area (Å²) in [4.78, 5) is 17.9. The van der Waals surface area contributed by atoms with Crippen LogP contribution >= 0.6 is 15.9 Å². The van der Waals surface area contributed by atoms with Crippen LogP contribution in [0.15, 0.2) is 22.9 Å². The van der Waals surface area contributed by atoms with E-state index < -0.39 is 0 Å². The topological polar surface area (TPSA) is 33.2 Å². The number of hydrogen-bond donors (Lipinski definition) is 0. The minimum Gasteiger partial charge on any atom is -0.339 e. The summed E-state index contributed by atoms with van der Waals surface area (Å²) in [5, 5.41) is 0. The molecule has 0 radical (unpaired) electrons. The third-order valence-electron chi connectivity index (χ3n) is 2.76. The summed E-state index contributed by atoms with van der Waals surface area (Å²) in [6, 6.07) is 2.10. The van der Waals surface area contributed by atoms with Crippen molar-refractivity contribution in [3.8, 4) is 0 Å². The molecule has 1 rings (SSSR count). The lowest BCUT2D eigenvalue weighted by atomic mass is 10.1. The molecule has 0 aromatic carbocycles. The minimum absolute atomic E-state index is 0.0301. The molecule has 1 aromatic rings. The second-order valence-corrected chi connectivity index (χ2v) is 4.69. The summed E-state index contributed by atoms with van der Waals surface area (Å²) in [5.41, 5.74) is 0.628. The van der Waals surface area contributed by atoms with E-state index in [9.17, 15) is 4.79 Å². The fourth-order valence-corrected chi connectivity index (χ4v) is 2.10. The van der Waals surface area contributed by atoms with Gasteiger partial charge in [0.1, 0.15) is 0 Å². The molecule has 88 valence electrons. The summed E-state index contributed by atoms with van der Waals surface area (Å²) in [7, 11) is 1.85. The lowest BCUT2D eigenvalue weighted by Crippen LogP contribution is -2.36. The molecule has 0 saturated carbocycles. The maximum absolute atomic E-state index is 12.1. The molecular weight excluding hydrogens is 268 g/mol. The summed E-state index contributed by atoms with van der Waals surface area (Å²) in [6.07, 6.45) is 5.22. The third kappa shape index (κ3) is 3.04. The van der Waals surface area contributed by atoms with E-state index >= 15 is 0 Å². The molecule has 0 unspecified atom stereocenters. The first-order valence-electron chi connectivity index (χ1n) is 5.47. The Balaban J connectivity index is 2.85. The molecule has 0 fully saturated rings. The molecule has 0 aliphatic carbocycles.